The monoisotopic (exact) mass is 940 g/mol. The first-order valence-corrected chi connectivity index (χ1v) is 24.7. The van der Waals surface area contributed by atoms with E-state index in [4.69, 9.17) is 22.1 Å². The van der Waals surface area contributed by atoms with Crippen molar-refractivity contribution in [1.29, 1.82) is 0 Å². The molecule has 0 unspecified atom stereocenters. The molecule has 0 radical (unpaired) electrons. The van der Waals surface area contributed by atoms with Gasteiger partial charge in [-0.05, 0) is 89.8 Å². The van der Waals surface area contributed by atoms with Crippen LogP contribution in [0.2, 0.25) is 5.02 Å². The van der Waals surface area contributed by atoms with Gasteiger partial charge in [-0.25, -0.2) is 8.42 Å². The van der Waals surface area contributed by atoms with E-state index >= 15 is 0 Å². The molecular weight excluding hydrogens is 893 g/mol. The Kier molecular flexibility index (Phi) is 15.1. The SMILES string of the molecule is N/C(=N/S(=O)(=O)c1ccc(N[C@H](CCN2CCOCC2)CSc2ccccc2)c(S(=O)(=O)C(F)(F)F)c1)c1ccc(N2CCN(Cc3ccccc3-c3ccc(Cl)cc3)CC2)cc1. The summed E-state index contributed by atoms with van der Waals surface area (Å²) in [6.07, 6.45) is 0.460. The molecule has 0 aromatic heterocycles. The standard InChI is InChI=1S/C45H48ClF3N6O5S3/c46-36-14-10-33(11-15-36)41-9-5-4-6-35(41)31-54-22-24-55(25-23-54)38-16-12-34(13-17-38)44(50)52-63(58,59)40-18-19-42(43(30-40)62(56,57)45(47,48)49)51-37(20-21-53-26-28-60-29-27-53)32-61-39-7-2-1-3-8-39/h1-19,30,37,51H,20-29,31-32H2,(H2,50,52)/t37-/m1/s1. The van der Waals surface area contributed by atoms with E-state index in [-0.39, 0.29) is 11.3 Å². The van der Waals surface area contributed by atoms with E-state index in [1.54, 1.807) is 24.3 Å². The van der Waals surface area contributed by atoms with E-state index < -0.39 is 47.0 Å². The van der Waals surface area contributed by atoms with Gasteiger partial charge in [0.15, 0.2) is 0 Å². The number of amidine groups is 1. The normalized spacial score (nSPS) is 16.5. The number of anilines is 2. The average Bonchev–Trinajstić information content (AvgIpc) is 3.28. The minimum atomic E-state index is -6.02. The molecule has 0 aliphatic carbocycles. The van der Waals surface area contributed by atoms with Crippen molar-refractivity contribution in [2.45, 2.75) is 39.2 Å². The van der Waals surface area contributed by atoms with Crippen molar-refractivity contribution in [3.05, 3.63) is 137 Å². The van der Waals surface area contributed by atoms with Crippen LogP contribution in [0, 0.1) is 0 Å². The van der Waals surface area contributed by atoms with Gasteiger partial charge in [-0.1, -0.05) is 66.2 Å². The highest BCUT2D eigenvalue weighted by atomic mass is 35.5. The number of hydrogen-bond donors (Lipinski definition) is 2. The Labute approximate surface area is 376 Å². The fourth-order valence-electron chi connectivity index (χ4n) is 7.48. The molecule has 2 aliphatic heterocycles. The molecular formula is C45H48ClF3N6O5S3. The van der Waals surface area contributed by atoms with Crippen molar-refractivity contribution >= 4 is 60.4 Å². The lowest BCUT2D eigenvalue weighted by molar-refractivity contribution is -0.0435. The number of thioether (sulfide) groups is 1. The van der Waals surface area contributed by atoms with Gasteiger partial charge in [-0.3, -0.25) is 9.80 Å². The second kappa shape index (κ2) is 20.5. The molecule has 0 saturated carbocycles. The summed E-state index contributed by atoms with van der Waals surface area (Å²) in [4.78, 5) is 5.71. The van der Waals surface area contributed by atoms with Crippen LogP contribution in [-0.4, -0.2) is 109 Å². The van der Waals surface area contributed by atoms with Gasteiger partial charge < -0.3 is 20.7 Å². The maximum absolute atomic E-state index is 14.2. The predicted molar refractivity (Wildman–Crippen MR) is 245 cm³/mol. The first-order chi connectivity index (χ1) is 30.2. The van der Waals surface area contributed by atoms with E-state index in [0.29, 0.717) is 56.1 Å². The van der Waals surface area contributed by atoms with Crippen LogP contribution in [0.1, 0.15) is 17.5 Å². The number of rotatable bonds is 16. The van der Waals surface area contributed by atoms with Crippen LogP contribution in [0.5, 0.6) is 0 Å². The first-order valence-electron chi connectivity index (χ1n) is 20.4. The summed E-state index contributed by atoms with van der Waals surface area (Å²) in [5.74, 6) is -0.0226. The average molecular weight is 942 g/mol. The van der Waals surface area contributed by atoms with E-state index in [2.05, 4.69) is 36.5 Å². The zero-order chi connectivity index (χ0) is 44.6. The minimum absolute atomic E-state index is 0.264. The Morgan fingerprint density at radius 1 is 0.810 bits per heavy atom. The quantitative estimate of drug-likeness (QED) is 0.0566. The minimum Gasteiger partial charge on any atom is -0.383 e. The molecule has 5 aromatic carbocycles. The zero-order valence-corrected chi connectivity index (χ0v) is 37.5. The smallest absolute Gasteiger partial charge is 0.383 e. The predicted octanol–water partition coefficient (Wildman–Crippen LogP) is 8.01. The molecule has 11 nitrogen and oxygen atoms in total. The van der Waals surface area contributed by atoms with Crippen molar-refractivity contribution in [2.75, 3.05) is 75.0 Å². The molecule has 1 atom stereocenters. The van der Waals surface area contributed by atoms with Crippen LogP contribution >= 0.6 is 23.4 Å². The Balaban J connectivity index is 1.04. The lowest BCUT2D eigenvalue weighted by Gasteiger charge is -2.36. The number of halogens is 4. The van der Waals surface area contributed by atoms with Crippen molar-refractivity contribution in [3.8, 4) is 11.1 Å². The third kappa shape index (κ3) is 11.9. The van der Waals surface area contributed by atoms with Crippen molar-refractivity contribution in [3.63, 3.8) is 0 Å². The highest BCUT2D eigenvalue weighted by Gasteiger charge is 2.48. The molecule has 0 bridgehead atoms. The Hall–Kier alpha value is -4.62. The lowest BCUT2D eigenvalue weighted by atomic mass is 9.99. The number of piperazine rings is 1. The number of hydrogen-bond acceptors (Lipinski definition) is 10. The van der Waals surface area contributed by atoms with Gasteiger partial charge >= 0.3 is 5.51 Å². The Morgan fingerprint density at radius 3 is 2.16 bits per heavy atom. The number of morpholine rings is 1. The maximum atomic E-state index is 14.2. The molecule has 63 heavy (non-hydrogen) atoms. The summed E-state index contributed by atoms with van der Waals surface area (Å²) in [6, 6.07) is 34.4. The van der Waals surface area contributed by atoms with E-state index in [1.807, 2.05) is 66.7 Å². The van der Waals surface area contributed by atoms with Gasteiger partial charge in [0.1, 0.15) is 10.7 Å². The van der Waals surface area contributed by atoms with Crippen LogP contribution in [0.15, 0.2) is 140 Å². The second-order valence-electron chi connectivity index (χ2n) is 15.2. The molecule has 2 saturated heterocycles. The highest BCUT2D eigenvalue weighted by molar-refractivity contribution is 7.99. The third-order valence-corrected chi connectivity index (χ3v) is 15.2. The molecule has 2 fully saturated rings. The van der Waals surface area contributed by atoms with Crippen LogP contribution in [0.4, 0.5) is 24.5 Å². The summed E-state index contributed by atoms with van der Waals surface area (Å²) >= 11 is 7.58. The number of nitrogens with one attached hydrogen (secondary N) is 1. The van der Waals surface area contributed by atoms with Gasteiger partial charge in [0.25, 0.3) is 19.9 Å². The molecule has 0 spiro atoms. The van der Waals surface area contributed by atoms with Gasteiger partial charge in [0, 0.05) is 85.3 Å². The van der Waals surface area contributed by atoms with E-state index in [0.717, 1.165) is 66.6 Å². The topological polar surface area (TPSA) is 138 Å². The fourth-order valence-corrected chi connectivity index (χ4v) is 10.6. The Morgan fingerprint density at radius 2 is 1.48 bits per heavy atom. The molecule has 7 rings (SSSR count). The van der Waals surface area contributed by atoms with Gasteiger partial charge in [-0.2, -0.15) is 21.6 Å². The van der Waals surface area contributed by atoms with Crippen LogP contribution < -0.4 is 16.0 Å². The van der Waals surface area contributed by atoms with E-state index in [9.17, 15) is 30.0 Å². The number of alkyl halides is 3. The molecule has 3 N–H and O–H groups in total. The fraction of sp³-hybridized carbons (Fsp3) is 0.311. The number of benzene rings is 5. The Bertz CT molecular complexity index is 2570. The molecule has 2 aliphatic rings. The number of nitrogens with zero attached hydrogens (tertiary/aromatic N) is 4. The summed E-state index contributed by atoms with van der Waals surface area (Å²) in [5.41, 5.74) is 4.72. The number of ether oxygens (including phenoxy) is 1. The molecule has 18 heteroatoms. The van der Waals surface area contributed by atoms with Crippen molar-refractivity contribution in [1.82, 2.24) is 9.80 Å². The highest BCUT2D eigenvalue weighted by Crippen LogP contribution is 2.37. The second-order valence-corrected chi connectivity index (χ2v) is 20.3. The van der Waals surface area contributed by atoms with Crippen molar-refractivity contribution in [2.24, 2.45) is 10.1 Å². The van der Waals surface area contributed by atoms with Crippen LogP contribution in [0.25, 0.3) is 11.1 Å². The number of nitrogens with two attached hydrogens (primary N) is 1. The largest absolute Gasteiger partial charge is 0.501 e. The van der Waals surface area contributed by atoms with Crippen LogP contribution in [0.3, 0.4) is 0 Å². The molecule has 334 valence electrons. The lowest BCUT2D eigenvalue weighted by Crippen LogP contribution is -2.46. The molecule has 5 aromatic rings. The zero-order valence-electron chi connectivity index (χ0n) is 34.3. The summed E-state index contributed by atoms with van der Waals surface area (Å²) in [7, 11) is -10.8. The van der Waals surface area contributed by atoms with Gasteiger partial charge in [0.05, 0.1) is 23.8 Å². The van der Waals surface area contributed by atoms with Gasteiger partial charge in [0.2, 0.25) is 0 Å². The van der Waals surface area contributed by atoms with Crippen LogP contribution in [-0.2, 0) is 31.1 Å². The summed E-state index contributed by atoms with van der Waals surface area (Å²) in [5, 5.41) is 3.70. The first kappa shape index (κ1) is 46.4. The number of sulfone groups is 1. The van der Waals surface area contributed by atoms with Gasteiger partial charge in [-0.15, -0.1) is 16.2 Å². The summed E-state index contributed by atoms with van der Waals surface area (Å²) < 4.78 is 105. The molecule has 0 amide bonds. The molecule has 2 heterocycles. The van der Waals surface area contributed by atoms with Crippen molar-refractivity contribution < 1.29 is 34.7 Å². The third-order valence-electron chi connectivity index (χ3n) is 11.0. The number of sulfonamides is 1. The maximum Gasteiger partial charge on any atom is 0.501 e. The van der Waals surface area contributed by atoms with E-state index in [1.165, 1.54) is 17.3 Å². The summed E-state index contributed by atoms with van der Waals surface area (Å²) in [6.45, 7) is 6.95.